The topological polar surface area (TPSA) is 19.6 Å². The second-order valence-corrected chi connectivity index (χ2v) is 20.9. The number of benzene rings is 6. The third-order valence-corrected chi connectivity index (χ3v) is 15.1. The molecule has 0 unspecified atom stereocenters. The molecule has 3 aliphatic rings. The van der Waals surface area contributed by atoms with Crippen molar-refractivity contribution in [1.82, 2.24) is 0 Å². The van der Waals surface area contributed by atoms with Crippen LogP contribution in [-0.2, 0) is 16.2 Å². The van der Waals surface area contributed by atoms with Crippen LogP contribution in [0.3, 0.4) is 0 Å². The third kappa shape index (κ3) is 5.05. The van der Waals surface area contributed by atoms with Crippen LogP contribution in [0.2, 0.25) is 0 Å². The average Bonchev–Trinajstić information content (AvgIpc) is 3.77. The Bertz CT molecular complexity index is 2990. The molecule has 0 saturated carbocycles. The molecule has 58 heavy (non-hydrogen) atoms. The Morgan fingerprint density at radius 3 is 2.03 bits per heavy atom. The highest BCUT2D eigenvalue weighted by Gasteiger charge is 2.48. The highest BCUT2D eigenvalue weighted by molar-refractivity contribution is 7.33. The van der Waals surface area contributed by atoms with Gasteiger partial charge in [0.1, 0.15) is 11.2 Å². The minimum Gasteiger partial charge on any atom is -0.456 e. The number of fused-ring (bicyclic) bond motifs is 10. The molecule has 6 aromatic carbocycles. The van der Waals surface area contributed by atoms with E-state index in [9.17, 15) is 0 Å². The van der Waals surface area contributed by atoms with Crippen molar-refractivity contribution in [2.75, 3.05) is 9.80 Å². The second-order valence-electron chi connectivity index (χ2n) is 19.8. The summed E-state index contributed by atoms with van der Waals surface area (Å²) in [6.45, 7) is 21.5. The lowest BCUT2D eigenvalue weighted by Gasteiger charge is -2.47. The van der Waals surface area contributed by atoms with Crippen molar-refractivity contribution in [2.24, 2.45) is 0 Å². The quantitative estimate of drug-likeness (QED) is 0.167. The van der Waals surface area contributed by atoms with Crippen molar-refractivity contribution in [3.63, 3.8) is 0 Å². The second kappa shape index (κ2) is 12.1. The summed E-state index contributed by atoms with van der Waals surface area (Å²) in [5.41, 5.74) is 17.9. The maximum Gasteiger partial charge on any atom is 0.264 e. The van der Waals surface area contributed by atoms with Gasteiger partial charge in [0.25, 0.3) is 6.71 Å². The normalized spacial score (nSPS) is 16.6. The molecule has 0 amide bonds. The Morgan fingerprint density at radius 1 is 0.655 bits per heavy atom. The summed E-state index contributed by atoms with van der Waals surface area (Å²) in [5, 5.41) is 3.65. The Labute approximate surface area is 347 Å². The molecular weight excluding hydrogens is 723 g/mol. The van der Waals surface area contributed by atoms with Crippen LogP contribution in [0.5, 0.6) is 0 Å². The van der Waals surface area contributed by atoms with E-state index >= 15 is 0 Å². The smallest absolute Gasteiger partial charge is 0.264 e. The number of rotatable bonds is 3. The maximum absolute atomic E-state index is 6.57. The van der Waals surface area contributed by atoms with Gasteiger partial charge in [-0.25, -0.2) is 0 Å². The molecule has 0 saturated heterocycles. The third-order valence-electron chi connectivity index (χ3n) is 13.9. The summed E-state index contributed by atoms with van der Waals surface area (Å²) in [7, 11) is 0. The van der Waals surface area contributed by atoms with E-state index in [-0.39, 0.29) is 23.0 Å². The zero-order chi connectivity index (χ0) is 40.0. The van der Waals surface area contributed by atoms with E-state index in [2.05, 4.69) is 187 Å². The van der Waals surface area contributed by atoms with Gasteiger partial charge in [0.15, 0.2) is 0 Å². The van der Waals surface area contributed by atoms with Crippen LogP contribution in [0.1, 0.15) is 103 Å². The van der Waals surface area contributed by atoms with Crippen LogP contribution in [0.15, 0.2) is 120 Å². The maximum atomic E-state index is 6.57. The monoisotopic (exact) mass is 774 g/mol. The van der Waals surface area contributed by atoms with E-state index in [4.69, 9.17) is 4.42 Å². The SMILES string of the molecule is CC(C)c1ccc(N2c3cccc4c3B(c3cc5c(cc3N4c3cccc4oc6ccccc6c34)C(C)(C)CCC5(C)C)c3sc4ccc(C(C)(C)C)cc4c32)cc1. The van der Waals surface area contributed by atoms with Gasteiger partial charge in [0, 0.05) is 43.0 Å². The number of nitrogens with zero attached hydrogens (tertiary/aromatic N) is 2. The largest absolute Gasteiger partial charge is 0.456 e. The van der Waals surface area contributed by atoms with E-state index in [1.54, 1.807) is 0 Å². The fourth-order valence-electron chi connectivity index (χ4n) is 10.4. The highest BCUT2D eigenvalue weighted by atomic mass is 32.1. The number of hydrogen-bond acceptors (Lipinski definition) is 4. The molecule has 0 bridgehead atoms. The fourth-order valence-corrected chi connectivity index (χ4v) is 11.7. The zero-order valence-corrected chi connectivity index (χ0v) is 36.1. The van der Waals surface area contributed by atoms with Gasteiger partial charge >= 0.3 is 0 Å². The first-order valence-electron chi connectivity index (χ1n) is 21.2. The minimum atomic E-state index is 0.0279. The number of furan rings is 1. The molecule has 0 spiro atoms. The van der Waals surface area contributed by atoms with Gasteiger partial charge in [-0.05, 0) is 129 Å². The van der Waals surface area contributed by atoms with Gasteiger partial charge in [0.2, 0.25) is 0 Å². The minimum absolute atomic E-state index is 0.0279. The molecule has 0 radical (unpaired) electrons. The molecular formula is C53H51BN2OS. The van der Waals surface area contributed by atoms with Gasteiger partial charge < -0.3 is 14.2 Å². The van der Waals surface area contributed by atoms with Crippen molar-refractivity contribution < 1.29 is 4.42 Å². The molecule has 5 heteroatoms. The molecule has 2 aliphatic heterocycles. The lowest BCUT2D eigenvalue weighted by molar-refractivity contribution is 0.332. The first kappa shape index (κ1) is 35.9. The van der Waals surface area contributed by atoms with E-state index in [1.807, 2.05) is 11.3 Å². The van der Waals surface area contributed by atoms with E-state index in [0.29, 0.717) is 5.92 Å². The van der Waals surface area contributed by atoms with Crippen LogP contribution >= 0.6 is 11.3 Å². The molecule has 0 fully saturated rings. The van der Waals surface area contributed by atoms with Gasteiger partial charge in [0.05, 0.1) is 16.8 Å². The first-order valence-corrected chi connectivity index (χ1v) is 22.0. The lowest BCUT2D eigenvalue weighted by atomic mass is 9.35. The Morgan fingerprint density at radius 2 is 1.31 bits per heavy atom. The summed E-state index contributed by atoms with van der Waals surface area (Å²) in [4.78, 5) is 5.20. The summed E-state index contributed by atoms with van der Waals surface area (Å²) in [5.74, 6) is 0.461. The molecule has 8 aromatic rings. The van der Waals surface area contributed by atoms with Crippen molar-refractivity contribution in [2.45, 2.75) is 97.3 Å². The lowest BCUT2D eigenvalue weighted by Crippen LogP contribution is -2.61. The van der Waals surface area contributed by atoms with E-state index in [1.165, 1.54) is 89.3 Å². The average molecular weight is 775 g/mol. The van der Waals surface area contributed by atoms with Crippen molar-refractivity contribution >= 4 is 99.9 Å². The van der Waals surface area contributed by atoms with Crippen LogP contribution in [0.25, 0.3) is 32.0 Å². The van der Waals surface area contributed by atoms with Crippen LogP contribution in [-0.4, -0.2) is 6.71 Å². The predicted molar refractivity (Wildman–Crippen MR) is 251 cm³/mol. The first-order chi connectivity index (χ1) is 27.7. The number of anilines is 6. The molecule has 0 N–H and O–H groups in total. The zero-order valence-electron chi connectivity index (χ0n) is 35.2. The van der Waals surface area contributed by atoms with Gasteiger partial charge in [-0.3, -0.25) is 0 Å². The highest BCUT2D eigenvalue weighted by Crippen LogP contribution is 2.53. The predicted octanol–water partition coefficient (Wildman–Crippen LogP) is 13.7. The Balaban J connectivity index is 1.28. The van der Waals surface area contributed by atoms with Crippen molar-refractivity contribution in [1.29, 1.82) is 0 Å². The number of hydrogen-bond donors (Lipinski definition) is 0. The van der Waals surface area contributed by atoms with E-state index < -0.39 is 0 Å². The van der Waals surface area contributed by atoms with E-state index in [0.717, 1.165) is 27.6 Å². The van der Waals surface area contributed by atoms with Gasteiger partial charge in [-0.2, -0.15) is 0 Å². The summed E-state index contributed by atoms with van der Waals surface area (Å²) >= 11 is 1.99. The van der Waals surface area contributed by atoms with Crippen LogP contribution in [0.4, 0.5) is 34.1 Å². The van der Waals surface area contributed by atoms with Gasteiger partial charge in [-0.15, -0.1) is 11.3 Å². The standard InChI is InChI=1S/C53H51BN2OS/c1-31(2)32-20-23-34(24-21-32)55-41-16-12-17-42-48(41)54(50-49(55)36-28-33(51(3,4)5)22-25-46(36)58-50)39-29-37-38(53(8,9)27-26-52(37,6)7)30-43(39)56(42)40-15-13-19-45-47(40)35-14-10-11-18-44(35)57-45/h10-25,28-31H,26-27H2,1-9H3. The Hall–Kier alpha value is -5.26. The van der Waals surface area contributed by atoms with Gasteiger partial charge in [-0.1, -0.05) is 117 Å². The summed E-state index contributed by atoms with van der Waals surface area (Å²) in [6, 6.07) is 44.0. The Kier molecular flexibility index (Phi) is 7.51. The molecule has 2 aromatic heterocycles. The van der Waals surface area contributed by atoms with Crippen LogP contribution in [0, 0.1) is 0 Å². The molecule has 0 atom stereocenters. The summed E-state index contributed by atoms with van der Waals surface area (Å²) in [6.07, 6.45) is 2.34. The molecule has 288 valence electrons. The number of para-hydroxylation sites is 1. The van der Waals surface area contributed by atoms with Crippen LogP contribution < -0.4 is 25.5 Å². The van der Waals surface area contributed by atoms with Crippen molar-refractivity contribution in [3.05, 3.63) is 138 Å². The van der Waals surface area contributed by atoms with Crippen molar-refractivity contribution in [3.8, 4) is 0 Å². The molecule has 3 nitrogen and oxygen atoms in total. The number of thiophene rings is 1. The molecule has 11 rings (SSSR count). The molecule has 4 heterocycles. The fraction of sp³-hybridized carbons (Fsp3) is 0.283. The summed E-state index contributed by atoms with van der Waals surface area (Å²) < 4.78 is 9.34. The molecule has 1 aliphatic carbocycles.